The monoisotopic (exact) mass is 192 g/mol. The normalized spacial score (nSPS) is 19.6. The summed E-state index contributed by atoms with van der Waals surface area (Å²) >= 11 is 0. The van der Waals surface area contributed by atoms with Crippen molar-refractivity contribution in [3.63, 3.8) is 0 Å². The van der Waals surface area contributed by atoms with Gasteiger partial charge in [0.05, 0.1) is 11.7 Å². The molecule has 2 rings (SSSR count). The van der Waals surface area contributed by atoms with Crippen LogP contribution in [0.4, 0.5) is 5.69 Å². The largest absolute Gasteiger partial charge is 0.478 e. The maximum absolute atomic E-state index is 10.7. The van der Waals surface area contributed by atoms with Crippen LogP contribution in [0.1, 0.15) is 22.3 Å². The first-order valence-corrected chi connectivity index (χ1v) is 4.55. The minimum Gasteiger partial charge on any atom is -0.478 e. The van der Waals surface area contributed by atoms with Crippen molar-refractivity contribution in [1.29, 1.82) is 0 Å². The van der Waals surface area contributed by atoms with Crippen molar-refractivity contribution in [3.8, 4) is 0 Å². The van der Waals surface area contributed by atoms with Crippen molar-refractivity contribution in [2.24, 2.45) is 5.73 Å². The van der Waals surface area contributed by atoms with E-state index in [1.807, 2.05) is 0 Å². The number of carbonyl (C=O) groups is 1. The summed E-state index contributed by atoms with van der Waals surface area (Å²) in [5.74, 6) is -0.886. The van der Waals surface area contributed by atoms with Gasteiger partial charge in [0.2, 0.25) is 0 Å². The molecule has 0 radical (unpaired) electrons. The molecule has 0 saturated heterocycles. The second-order valence-corrected chi connectivity index (χ2v) is 3.47. The molecule has 0 bridgehead atoms. The lowest BCUT2D eigenvalue weighted by Gasteiger charge is -2.23. The van der Waals surface area contributed by atoms with Crippen LogP contribution in [-0.4, -0.2) is 17.2 Å². The lowest BCUT2D eigenvalue weighted by Crippen LogP contribution is -2.33. The van der Waals surface area contributed by atoms with Gasteiger partial charge in [-0.3, -0.25) is 0 Å². The number of nitrogens with one attached hydrogen (secondary N) is 1. The van der Waals surface area contributed by atoms with Gasteiger partial charge in [-0.2, -0.15) is 0 Å². The van der Waals surface area contributed by atoms with E-state index in [1.165, 1.54) is 0 Å². The summed E-state index contributed by atoms with van der Waals surface area (Å²) in [6.07, 6.45) is 1.67. The van der Waals surface area contributed by atoms with Crippen molar-refractivity contribution in [2.75, 3.05) is 5.32 Å². The zero-order valence-corrected chi connectivity index (χ0v) is 7.66. The van der Waals surface area contributed by atoms with Gasteiger partial charge in [0, 0.05) is 5.69 Å². The molecule has 1 heterocycles. The molecule has 0 aliphatic carbocycles. The van der Waals surface area contributed by atoms with Gasteiger partial charge in [0.25, 0.3) is 0 Å². The molecule has 1 aliphatic heterocycles. The zero-order chi connectivity index (χ0) is 10.1. The van der Waals surface area contributed by atoms with Gasteiger partial charge in [0.15, 0.2) is 0 Å². The molecule has 0 spiro atoms. The predicted molar refractivity (Wildman–Crippen MR) is 53.3 cm³/mol. The topological polar surface area (TPSA) is 75.4 Å². The smallest absolute Gasteiger partial charge is 0.335 e. The minimum absolute atomic E-state index is 0.0156. The van der Waals surface area contributed by atoms with E-state index in [-0.39, 0.29) is 6.17 Å². The van der Waals surface area contributed by atoms with Crippen LogP contribution in [0.15, 0.2) is 18.2 Å². The van der Waals surface area contributed by atoms with Crippen molar-refractivity contribution in [2.45, 2.75) is 19.0 Å². The Labute approximate surface area is 81.7 Å². The van der Waals surface area contributed by atoms with E-state index in [0.717, 1.165) is 24.1 Å². The number of hydrogen-bond donors (Lipinski definition) is 3. The van der Waals surface area contributed by atoms with Crippen molar-refractivity contribution in [1.82, 2.24) is 0 Å². The van der Waals surface area contributed by atoms with E-state index in [2.05, 4.69) is 5.32 Å². The first-order valence-electron chi connectivity index (χ1n) is 4.55. The number of nitrogens with two attached hydrogens (primary N) is 1. The standard InChI is InChI=1S/C10H12N2O2/c11-9-4-2-6-5-7(10(13)14)1-3-8(6)12-9/h1,3,5,9,12H,2,4,11H2,(H,13,14). The number of hydrogen-bond acceptors (Lipinski definition) is 3. The quantitative estimate of drug-likeness (QED) is 0.621. The molecule has 1 aromatic rings. The van der Waals surface area contributed by atoms with Gasteiger partial charge in [-0.1, -0.05) is 0 Å². The molecule has 0 amide bonds. The first kappa shape index (κ1) is 9.02. The van der Waals surface area contributed by atoms with Gasteiger partial charge in [-0.15, -0.1) is 0 Å². The molecule has 4 heteroatoms. The van der Waals surface area contributed by atoms with Crippen LogP contribution in [0, 0.1) is 0 Å². The Kier molecular flexibility index (Phi) is 2.13. The third-order valence-electron chi connectivity index (χ3n) is 2.42. The number of rotatable bonds is 1. The van der Waals surface area contributed by atoms with Crippen molar-refractivity contribution >= 4 is 11.7 Å². The molecule has 1 atom stereocenters. The molecule has 4 nitrogen and oxygen atoms in total. The molecular formula is C10H12N2O2. The highest BCUT2D eigenvalue weighted by molar-refractivity contribution is 5.88. The molecule has 0 aromatic heterocycles. The van der Waals surface area contributed by atoms with Gasteiger partial charge >= 0.3 is 5.97 Å². The summed E-state index contributed by atoms with van der Waals surface area (Å²) in [5, 5.41) is 11.9. The Morgan fingerprint density at radius 1 is 1.57 bits per heavy atom. The second-order valence-electron chi connectivity index (χ2n) is 3.47. The van der Waals surface area contributed by atoms with Crippen LogP contribution in [-0.2, 0) is 6.42 Å². The van der Waals surface area contributed by atoms with Crippen LogP contribution in [0.2, 0.25) is 0 Å². The summed E-state index contributed by atoms with van der Waals surface area (Å²) in [6.45, 7) is 0. The van der Waals surface area contributed by atoms with E-state index in [4.69, 9.17) is 10.8 Å². The number of carboxylic acids is 1. The van der Waals surface area contributed by atoms with E-state index in [9.17, 15) is 4.79 Å². The molecule has 14 heavy (non-hydrogen) atoms. The number of anilines is 1. The van der Waals surface area contributed by atoms with Crippen molar-refractivity contribution in [3.05, 3.63) is 29.3 Å². The van der Waals surface area contributed by atoms with Crippen LogP contribution < -0.4 is 11.1 Å². The summed E-state index contributed by atoms with van der Waals surface area (Å²) < 4.78 is 0. The molecule has 1 unspecified atom stereocenters. The Hall–Kier alpha value is -1.55. The fraction of sp³-hybridized carbons (Fsp3) is 0.300. The zero-order valence-electron chi connectivity index (χ0n) is 7.66. The third-order valence-corrected chi connectivity index (χ3v) is 2.42. The lowest BCUT2D eigenvalue weighted by molar-refractivity contribution is 0.0697. The molecule has 74 valence electrons. The van der Waals surface area contributed by atoms with Gasteiger partial charge in [-0.25, -0.2) is 4.79 Å². The molecular weight excluding hydrogens is 180 g/mol. The summed E-state index contributed by atoms with van der Waals surface area (Å²) in [5.41, 5.74) is 8.04. The number of aryl methyl sites for hydroxylation is 1. The highest BCUT2D eigenvalue weighted by atomic mass is 16.4. The predicted octanol–water partition coefficient (Wildman–Crippen LogP) is 1.03. The van der Waals surface area contributed by atoms with Crippen molar-refractivity contribution < 1.29 is 9.90 Å². The third kappa shape index (κ3) is 1.56. The maximum atomic E-state index is 10.7. The lowest BCUT2D eigenvalue weighted by atomic mass is 9.99. The maximum Gasteiger partial charge on any atom is 0.335 e. The molecule has 4 N–H and O–H groups in total. The Morgan fingerprint density at radius 3 is 3.07 bits per heavy atom. The van der Waals surface area contributed by atoms with E-state index in [1.54, 1.807) is 18.2 Å². The van der Waals surface area contributed by atoms with E-state index in [0.29, 0.717) is 5.56 Å². The Morgan fingerprint density at radius 2 is 2.36 bits per heavy atom. The average Bonchev–Trinajstić information content (AvgIpc) is 2.16. The van der Waals surface area contributed by atoms with Gasteiger partial charge in [-0.05, 0) is 36.6 Å². The summed E-state index contributed by atoms with van der Waals surface area (Å²) in [4.78, 5) is 10.7. The molecule has 1 aromatic carbocycles. The van der Waals surface area contributed by atoms with E-state index < -0.39 is 5.97 Å². The van der Waals surface area contributed by atoms with Crippen LogP contribution >= 0.6 is 0 Å². The fourth-order valence-electron chi connectivity index (χ4n) is 1.66. The minimum atomic E-state index is -0.886. The second kappa shape index (κ2) is 3.31. The first-order chi connectivity index (χ1) is 6.66. The summed E-state index contributed by atoms with van der Waals surface area (Å²) in [7, 11) is 0. The van der Waals surface area contributed by atoms with Crippen LogP contribution in [0.3, 0.4) is 0 Å². The van der Waals surface area contributed by atoms with Gasteiger partial charge in [0.1, 0.15) is 0 Å². The molecule has 1 aliphatic rings. The Balaban J connectivity index is 2.36. The molecule has 0 saturated carbocycles. The Bertz CT molecular complexity index is 376. The van der Waals surface area contributed by atoms with Crippen LogP contribution in [0.5, 0.6) is 0 Å². The molecule has 0 fully saturated rings. The van der Waals surface area contributed by atoms with Crippen LogP contribution in [0.25, 0.3) is 0 Å². The number of carboxylic acid groups (broad SMARTS) is 1. The number of fused-ring (bicyclic) bond motifs is 1. The summed E-state index contributed by atoms with van der Waals surface area (Å²) in [6, 6.07) is 5.07. The number of aromatic carboxylic acids is 1. The number of benzene rings is 1. The average molecular weight is 192 g/mol. The SMILES string of the molecule is NC1CCc2cc(C(=O)O)ccc2N1. The van der Waals surface area contributed by atoms with Gasteiger partial charge < -0.3 is 16.2 Å². The highest BCUT2D eigenvalue weighted by Crippen LogP contribution is 2.24. The highest BCUT2D eigenvalue weighted by Gasteiger charge is 2.15. The van der Waals surface area contributed by atoms with E-state index >= 15 is 0 Å². The fourth-order valence-corrected chi connectivity index (χ4v) is 1.66.